The van der Waals surface area contributed by atoms with Crippen LogP contribution in [0.2, 0.25) is 10.0 Å². The minimum Gasteiger partial charge on any atom is -0.339 e. The summed E-state index contributed by atoms with van der Waals surface area (Å²) in [7, 11) is 0. The molecule has 2 rings (SSSR count). The van der Waals surface area contributed by atoms with E-state index in [0.717, 1.165) is 25.1 Å². The van der Waals surface area contributed by atoms with Crippen LogP contribution >= 0.6 is 23.2 Å². The minimum atomic E-state index is 0.218. The van der Waals surface area contributed by atoms with Crippen molar-refractivity contribution in [2.45, 2.75) is 32.7 Å². The molecule has 1 amide bonds. The number of nitrogens with zero attached hydrogens (tertiary/aromatic N) is 1. The molecule has 1 heterocycles. The van der Waals surface area contributed by atoms with Gasteiger partial charge in [0.15, 0.2) is 0 Å². The molecular weight excluding hydrogens is 307 g/mol. The number of carbonyl (C=O) groups excluding carboxylic acids is 1. The molecule has 3 nitrogen and oxygen atoms in total. The van der Waals surface area contributed by atoms with Gasteiger partial charge in [-0.3, -0.25) is 4.79 Å². The summed E-state index contributed by atoms with van der Waals surface area (Å²) < 4.78 is 0. The first-order valence-electron chi connectivity index (χ1n) is 7.52. The molecular formula is C16H22Cl2N2O. The van der Waals surface area contributed by atoms with Gasteiger partial charge in [-0.15, -0.1) is 0 Å². The Labute approximate surface area is 136 Å². The fourth-order valence-corrected chi connectivity index (χ4v) is 3.00. The average Bonchev–Trinajstić information content (AvgIpc) is 2.99. The van der Waals surface area contributed by atoms with Crippen molar-refractivity contribution in [3.05, 3.63) is 33.8 Å². The molecule has 0 radical (unpaired) electrons. The van der Waals surface area contributed by atoms with E-state index in [1.54, 1.807) is 6.07 Å². The topological polar surface area (TPSA) is 32.3 Å². The van der Waals surface area contributed by atoms with E-state index in [1.165, 1.54) is 6.42 Å². The number of halogens is 2. The third kappa shape index (κ3) is 4.87. The zero-order valence-electron chi connectivity index (χ0n) is 12.4. The predicted molar refractivity (Wildman–Crippen MR) is 87.8 cm³/mol. The SMILES string of the molecule is CCN(Cc1ccc(Cl)c(Cl)c1)C(=O)CCC1CCNC1. The molecule has 1 atom stereocenters. The Morgan fingerprint density at radius 2 is 2.19 bits per heavy atom. The number of rotatable bonds is 6. The monoisotopic (exact) mass is 328 g/mol. The molecule has 1 aromatic carbocycles. The molecule has 1 fully saturated rings. The van der Waals surface area contributed by atoms with E-state index in [2.05, 4.69) is 5.32 Å². The second kappa shape index (κ2) is 8.02. The Balaban J connectivity index is 1.88. The van der Waals surface area contributed by atoms with E-state index in [0.29, 0.717) is 35.5 Å². The maximum atomic E-state index is 12.3. The van der Waals surface area contributed by atoms with E-state index in [-0.39, 0.29) is 5.91 Å². The summed E-state index contributed by atoms with van der Waals surface area (Å²) in [6, 6.07) is 5.54. The third-order valence-electron chi connectivity index (χ3n) is 4.02. The fraction of sp³-hybridized carbons (Fsp3) is 0.562. The number of hydrogen-bond acceptors (Lipinski definition) is 2. The van der Waals surface area contributed by atoms with Gasteiger partial charge < -0.3 is 10.2 Å². The van der Waals surface area contributed by atoms with E-state index in [9.17, 15) is 4.79 Å². The lowest BCUT2D eigenvalue weighted by Crippen LogP contribution is -2.30. The summed E-state index contributed by atoms with van der Waals surface area (Å²) in [4.78, 5) is 14.2. The molecule has 0 aromatic heterocycles. The lowest BCUT2D eigenvalue weighted by Gasteiger charge is -2.22. The molecule has 1 aromatic rings. The van der Waals surface area contributed by atoms with Crippen molar-refractivity contribution in [2.24, 2.45) is 5.92 Å². The third-order valence-corrected chi connectivity index (χ3v) is 4.76. The predicted octanol–water partition coefficient (Wildman–Crippen LogP) is 3.73. The average molecular weight is 329 g/mol. The normalized spacial score (nSPS) is 18.0. The maximum absolute atomic E-state index is 12.3. The fourth-order valence-electron chi connectivity index (χ4n) is 2.68. The van der Waals surface area contributed by atoms with Gasteiger partial charge in [-0.2, -0.15) is 0 Å². The van der Waals surface area contributed by atoms with Gasteiger partial charge in [0.25, 0.3) is 0 Å². The van der Waals surface area contributed by atoms with Crippen LogP contribution < -0.4 is 5.32 Å². The summed E-state index contributed by atoms with van der Waals surface area (Å²) in [6.07, 6.45) is 2.79. The molecule has 1 aliphatic heterocycles. The van der Waals surface area contributed by atoms with Crippen molar-refractivity contribution in [3.63, 3.8) is 0 Å². The van der Waals surface area contributed by atoms with Crippen molar-refractivity contribution in [3.8, 4) is 0 Å². The van der Waals surface area contributed by atoms with Gasteiger partial charge in [-0.25, -0.2) is 0 Å². The van der Waals surface area contributed by atoms with Crippen LogP contribution in [0, 0.1) is 5.92 Å². The summed E-state index contributed by atoms with van der Waals surface area (Å²) >= 11 is 11.9. The molecule has 0 aliphatic carbocycles. The first-order chi connectivity index (χ1) is 10.1. The first kappa shape index (κ1) is 16.6. The summed E-state index contributed by atoms with van der Waals surface area (Å²) in [5.74, 6) is 0.869. The van der Waals surface area contributed by atoms with Gasteiger partial charge in [-0.05, 0) is 56.5 Å². The van der Waals surface area contributed by atoms with Crippen LogP contribution in [0.1, 0.15) is 31.7 Å². The Bertz CT molecular complexity index is 487. The van der Waals surface area contributed by atoms with Gasteiger partial charge in [0.1, 0.15) is 0 Å². The number of carbonyl (C=O) groups is 1. The maximum Gasteiger partial charge on any atom is 0.222 e. The summed E-state index contributed by atoms with van der Waals surface area (Å²) in [5.41, 5.74) is 1.02. The van der Waals surface area contributed by atoms with Gasteiger partial charge >= 0.3 is 0 Å². The quantitative estimate of drug-likeness (QED) is 0.862. The van der Waals surface area contributed by atoms with Gasteiger partial charge in [0.2, 0.25) is 5.91 Å². The molecule has 1 aliphatic rings. The highest BCUT2D eigenvalue weighted by Crippen LogP contribution is 2.23. The van der Waals surface area contributed by atoms with E-state index in [1.807, 2.05) is 24.0 Å². The lowest BCUT2D eigenvalue weighted by atomic mass is 10.0. The van der Waals surface area contributed by atoms with Crippen LogP contribution in [0.25, 0.3) is 0 Å². The highest BCUT2D eigenvalue weighted by molar-refractivity contribution is 6.42. The van der Waals surface area contributed by atoms with Gasteiger partial charge in [0, 0.05) is 19.5 Å². The Morgan fingerprint density at radius 1 is 1.38 bits per heavy atom. The van der Waals surface area contributed by atoms with Crippen LogP contribution in [0.15, 0.2) is 18.2 Å². The van der Waals surface area contributed by atoms with Crippen LogP contribution in [0.4, 0.5) is 0 Å². The van der Waals surface area contributed by atoms with Gasteiger partial charge in [0.05, 0.1) is 10.0 Å². The molecule has 5 heteroatoms. The van der Waals surface area contributed by atoms with Crippen molar-refractivity contribution >= 4 is 29.1 Å². The zero-order chi connectivity index (χ0) is 15.2. The highest BCUT2D eigenvalue weighted by Gasteiger charge is 2.18. The zero-order valence-corrected chi connectivity index (χ0v) is 13.9. The van der Waals surface area contributed by atoms with Crippen molar-refractivity contribution < 1.29 is 4.79 Å². The minimum absolute atomic E-state index is 0.218. The molecule has 21 heavy (non-hydrogen) atoms. The van der Waals surface area contributed by atoms with Crippen molar-refractivity contribution in [1.82, 2.24) is 10.2 Å². The molecule has 1 saturated heterocycles. The van der Waals surface area contributed by atoms with Crippen molar-refractivity contribution in [1.29, 1.82) is 0 Å². The Kier molecular flexibility index (Phi) is 6.34. The molecule has 0 spiro atoms. The van der Waals surface area contributed by atoms with Gasteiger partial charge in [-0.1, -0.05) is 29.3 Å². The molecule has 0 bridgehead atoms. The number of hydrogen-bond donors (Lipinski definition) is 1. The number of amides is 1. The Hall–Kier alpha value is -0.770. The van der Waals surface area contributed by atoms with Crippen LogP contribution in [-0.4, -0.2) is 30.4 Å². The van der Waals surface area contributed by atoms with Crippen LogP contribution in [0.5, 0.6) is 0 Å². The smallest absolute Gasteiger partial charge is 0.222 e. The van der Waals surface area contributed by atoms with E-state index < -0.39 is 0 Å². The molecule has 0 saturated carbocycles. The first-order valence-corrected chi connectivity index (χ1v) is 8.28. The molecule has 116 valence electrons. The molecule has 1 unspecified atom stereocenters. The van der Waals surface area contributed by atoms with E-state index >= 15 is 0 Å². The lowest BCUT2D eigenvalue weighted by molar-refractivity contribution is -0.131. The van der Waals surface area contributed by atoms with Crippen LogP contribution in [-0.2, 0) is 11.3 Å². The summed E-state index contributed by atoms with van der Waals surface area (Å²) in [6.45, 7) is 5.44. The summed E-state index contributed by atoms with van der Waals surface area (Å²) in [5, 5.41) is 4.42. The second-order valence-electron chi connectivity index (χ2n) is 5.55. The Morgan fingerprint density at radius 3 is 2.81 bits per heavy atom. The number of benzene rings is 1. The molecule has 1 N–H and O–H groups in total. The standard InChI is InChI=1S/C16H22Cl2N2O/c1-2-20(11-13-3-5-14(17)15(18)9-13)16(21)6-4-12-7-8-19-10-12/h3,5,9,12,19H,2,4,6-8,10-11H2,1H3. The highest BCUT2D eigenvalue weighted by atomic mass is 35.5. The van der Waals surface area contributed by atoms with Crippen molar-refractivity contribution in [2.75, 3.05) is 19.6 Å². The largest absolute Gasteiger partial charge is 0.339 e. The second-order valence-corrected chi connectivity index (χ2v) is 6.37. The number of nitrogens with one attached hydrogen (secondary N) is 1. The van der Waals surface area contributed by atoms with Crippen LogP contribution in [0.3, 0.4) is 0 Å². The van der Waals surface area contributed by atoms with E-state index in [4.69, 9.17) is 23.2 Å².